The summed E-state index contributed by atoms with van der Waals surface area (Å²) in [5.74, 6) is 0. The maximum absolute atomic E-state index is 13.3. The molecule has 3 heterocycles. The molecular weight excluding hydrogens is 440 g/mol. The summed E-state index contributed by atoms with van der Waals surface area (Å²) in [7, 11) is -3.58. The fraction of sp³-hybridized carbons (Fsp3) is 0.520. The van der Waals surface area contributed by atoms with E-state index in [0.29, 0.717) is 24.5 Å². The van der Waals surface area contributed by atoms with Gasteiger partial charge in [0, 0.05) is 32.8 Å². The van der Waals surface area contributed by atoms with Crippen molar-refractivity contribution in [3.63, 3.8) is 0 Å². The summed E-state index contributed by atoms with van der Waals surface area (Å²) in [6, 6.07) is 18.4. The largest absolute Gasteiger partial charge is 0.375 e. The quantitative estimate of drug-likeness (QED) is 0.615. The molecule has 0 aromatic heterocycles. The number of benzene rings is 2. The highest BCUT2D eigenvalue weighted by Gasteiger charge is 2.42. The van der Waals surface area contributed by atoms with Crippen LogP contribution in [0.1, 0.15) is 37.3 Å². The van der Waals surface area contributed by atoms with Crippen molar-refractivity contribution < 1.29 is 22.7 Å². The first kappa shape index (κ1) is 23.0. The summed E-state index contributed by atoms with van der Waals surface area (Å²) in [5, 5.41) is 1.97. The summed E-state index contributed by atoms with van der Waals surface area (Å²) >= 11 is 0. The summed E-state index contributed by atoms with van der Waals surface area (Å²) in [4.78, 5) is 6.98. The standard InChI is InChI=1S/C25H32N2O5S/c28-33(29,21-11-5-2-6-12-21)26-15-16-27(22(19-26)20-9-3-1-4-10-20)32-25(23-13-7-17-30-23)24-14-8-18-31-24/h1-6,9-12,22-25H,7-8,13-19H2. The zero-order valence-corrected chi connectivity index (χ0v) is 19.6. The molecule has 2 aromatic rings. The third-order valence-electron chi connectivity index (χ3n) is 6.78. The van der Waals surface area contributed by atoms with E-state index in [1.54, 1.807) is 28.6 Å². The molecule has 3 saturated heterocycles. The molecule has 3 aliphatic rings. The molecule has 2 aromatic carbocycles. The molecule has 3 unspecified atom stereocenters. The Hall–Kier alpha value is -1.81. The molecule has 0 spiro atoms. The van der Waals surface area contributed by atoms with Gasteiger partial charge < -0.3 is 9.47 Å². The minimum Gasteiger partial charge on any atom is -0.375 e. The van der Waals surface area contributed by atoms with E-state index in [0.717, 1.165) is 44.5 Å². The summed E-state index contributed by atoms with van der Waals surface area (Å²) in [6.07, 6.45) is 3.82. The normalized spacial score (nSPS) is 28.2. The van der Waals surface area contributed by atoms with Gasteiger partial charge in [-0.15, -0.1) is 0 Å². The molecule has 8 heteroatoms. The number of piperazine rings is 1. The van der Waals surface area contributed by atoms with Crippen LogP contribution in [-0.2, 0) is 24.3 Å². The van der Waals surface area contributed by atoms with Gasteiger partial charge in [0.1, 0.15) is 6.10 Å². The fourth-order valence-corrected chi connectivity index (χ4v) is 6.49. The van der Waals surface area contributed by atoms with E-state index >= 15 is 0 Å². The third kappa shape index (κ3) is 5.01. The van der Waals surface area contributed by atoms with E-state index in [9.17, 15) is 8.42 Å². The topological polar surface area (TPSA) is 68.3 Å². The molecule has 0 bridgehead atoms. The molecule has 0 saturated carbocycles. The Morgan fingerprint density at radius 3 is 2.03 bits per heavy atom. The number of hydroxylamine groups is 2. The molecule has 0 N–H and O–H groups in total. The van der Waals surface area contributed by atoms with Gasteiger partial charge in [0.05, 0.1) is 23.1 Å². The van der Waals surface area contributed by atoms with Crippen LogP contribution in [0.25, 0.3) is 0 Å². The van der Waals surface area contributed by atoms with Crippen LogP contribution in [-0.4, -0.2) is 68.9 Å². The second-order valence-corrected chi connectivity index (χ2v) is 10.9. The molecule has 7 nitrogen and oxygen atoms in total. The average molecular weight is 473 g/mol. The molecular formula is C25H32N2O5S. The molecule has 0 aliphatic carbocycles. The molecule has 3 atom stereocenters. The van der Waals surface area contributed by atoms with E-state index in [-0.39, 0.29) is 24.4 Å². The second kappa shape index (κ2) is 10.2. The number of hydrogen-bond acceptors (Lipinski definition) is 6. The number of sulfonamides is 1. The zero-order valence-electron chi connectivity index (χ0n) is 18.8. The van der Waals surface area contributed by atoms with E-state index in [2.05, 4.69) is 0 Å². The van der Waals surface area contributed by atoms with Crippen molar-refractivity contribution in [2.24, 2.45) is 0 Å². The lowest BCUT2D eigenvalue weighted by atomic mass is 10.0. The van der Waals surface area contributed by atoms with Crippen molar-refractivity contribution in [2.75, 3.05) is 32.8 Å². The van der Waals surface area contributed by atoms with Crippen LogP contribution in [0.5, 0.6) is 0 Å². The minimum atomic E-state index is -3.58. The lowest BCUT2D eigenvalue weighted by molar-refractivity contribution is -0.275. The highest BCUT2D eigenvalue weighted by molar-refractivity contribution is 7.89. The number of ether oxygens (including phenoxy) is 2. The molecule has 178 valence electrons. The predicted molar refractivity (Wildman–Crippen MR) is 124 cm³/mol. The predicted octanol–water partition coefficient (Wildman–Crippen LogP) is 3.39. The third-order valence-corrected chi connectivity index (χ3v) is 8.66. The maximum Gasteiger partial charge on any atom is 0.243 e. The maximum atomic E-state index is 13.3. The minimum absolute atomic E-state index is 0.00982. The average Bonchev–Trinajstić information content (AvgIpc) is 3.59. The Labute approximate surface area is 196 Å². The number of hydrogen-bond donors (Lipinski definition) is 0. The van der Waals surface area contributed by atoms with Crippen LogP contribution in [0.4, 0.5) is 0 Å². The number of rotatable bonds is 7. The first-order valence-corrected chi connectivity index (χ1v) is 13.3. The van der Waals surface area contributed by atoms with Crippen LogP contribution < -0.4 is 0 Å². The Balaban J connectivity index is 1.40. The van der Waals surface area contributed by atoms with Gasteiger partial charge in [-0.25, -0.2) is 8.42 Å². The van der Waals surface area contributed by atoms with E-state index in [4.69, 9.17) is 14.3 Å². The molecule has 5 rings (SSSR count). The van der Waals surface area contributed by atoms with Crippen LogP contribution in [0.15, 0.2) is 65.6 Å². The van der Waals surface area contributed by atoms with Crippen LogP contribution in [0.2, 0.25) is 0 Å². The fourth-order valence-electron chi connectivity index (χ4n) is 5.03. The van der Waals surface area contributed by atoms with Crippen molar-refractivity contribution in [2.45, 2.75) is 54.9 Å². The summed E-state index contributed by atoms with van der Waals surface area (Å²) < 4.78 is 40.3. The van der Waals surface area contributed by atoms with Gasteiger partial charge in [-0.1, -0.05) is 48.5 Å². The first-order chi connectivity index (χ1) is 16.1. The smallest absolute Gasteiger partial charge is 0.243 e. The van der Waals surface area contributed by atoms with Crippen molar-refractivity contribution in [1.82, 2.24) is 9.37 Å². The van der Waals surface area contributed by atoms with Gasteiger partial charge >= 0.3 is 0 Å². The molecule has 3 aliphatic heterocycles. The van der Waals surface area contributed by atoms with Crippen LogP contribution >= 0.6 is 0 Å². The number of nitrogens with zero attached hydrogens (tertiary/aromatic N) is 2. The molecule has 0 amide bonds. The van der Waals surface area contributed by atoms with Gasteiger partial charge in [-0.2, -0.15) is 9.37 Å². The van der Waals surface area contributed by atoms with E-state index in [1.165, 1.54) is 0 Å². The second-order valence-electron chi connectivity index (χ2n) is 8.92. The Bertz CT molecular complexity index is 976. The van der Waals surface area contributed by atoms with Gasteiger partial charge in [-0.3, -0.25) is 4.84 Å². The molecule has 3 fully saturated rings. The highest BCUT2D eigenvalue weighted by atomic mass is 32.2. The Morgan fingerprint density at radius 1 is 0.848 bits per heavy atom. The van der Waals surface area contributed by atoms with Crippen molar-refractivity contribution in [3.8, 4) is 0 Å². The van der Waals surface area contributed by atoms with Gasteiger partial charge in [-0.05, 0) is 43.4 Å². The lowest BCUT2D eigenvalue weighted by Crippen LogP contribution is -2.53. The summed E-state index contributed by atoms with van der Waals surface area (Å²) in [6.45, 7) is 2.67. The summed E-state index contributed by atoms with van der Waals surface area (Å²) in [5.41, 5.74) is 1.03. The first-order valence-electron chi connectivity index (χ1n) is 11.9. The Morgan fingerprint density at radius 2 is 1.45 bits per heavy atom. The van der Waals surface area contributed by atoms with Crippen LogP contribution in [0, 0.1) is 0 Å². The van der Waals surface area contributed by atoms with Gasteiger partial charge in [0.2, 0.25) is 10.0 Å². The lowest BCUT2D eigenvalue weighted by Gasteiger charge is -2.43. The van der Waals surface area contributed by atoms with Crippen LogP contribution in [0.3, 0.4) is 0 Å². The van der Waals surface area contributed by atoms with E-state index < -0.39 is 10.0 Å². The SMILES string of the molecule is O=S(=O)(c1ccccc1)N1CCN(OC(C2CCCO2)C2CCCO2)C(c2ccccc2)C1. The van der Waals surface area contributed by atoms with Crippen molar-refractivity contribution in [3.05, 3.63) is 66.2 Å². The monoisotopic (exact) mass is 472 g/mol. The van der Waals surface area contributed by atoms with Crippen molar-refractivity contribution in [1.29, 1.82) is 0 Å². The Kier molecular flexibility index (Phi) is 7.10. The van der Waals surface area contributed by atoms with Crippen molar-refractivity contribution >= 4 is 10.0 Å². The highest BCUT2D eigenvalue weighted by Crippen LogP contribution is 2.33. The zero-order chi connectivity index (χ0) is 22.7. The molecule has 0 radical (unpaired) electrons. The van der Waals surface area contributed by atoms with E-state index in [1.807, 2.05) is 41.5 Å². The van der Waals surface area contributed by atoms with Gasteiger partial charge in [0.25, 0.3) is 0 Å². The van der Waals surface area contributed by atoms with Gasteiger partial charge in [0.15, 0.2) is 0 Å². The molecule has 33 heavy (non-hydrogen) atoms.